The van der Waals surface area contributed by atoms with E-state index in [1.807, 2.05) is 12.3 Å². The van der Waals surface area contributed by atoms with E-state index in [9.17, 15) is 0 Å². The maximum absolute atomic E-state index is 4.36. The molecule has 2 nitrogen and oxygen atoms in total. The molecular formula is C14H14N2. The minimum Gasteiger partial charge on any atom is -0.343 e. The summed E-state index contributed by atoms with van der Waals surface area (Å²) in [6.07, 6.45) is 9.31. The zero-order chi connectivity index (χ0) is 10.5. The number of pyridine rings is 1. The zero-order valence-electron chi connectivity index (χ0n) is 9.06. The standard InChI is InChI=1S/C14H14N2/c1-2-11-8-13(16-14(11)15-5-1)12-7-9-3-4-10(12)6-9/h1-5,8-10,12H,6-7H2,(H,15,16). The molecule has 2 heterocycles. The molecule has 0 radical (unpaired) electrons. The van der Waals surface area contributed by atoms with Gasteiger partial charge in [0, 0.05) is 23.2 Å². The molecule has 2 bridgehead atoms. The van der Waals surface area contributed by atoms with Crippen LogP contribution in [-0.2, 0) is 0 Å². The van der Waals surface area contributed by atoms with Crippen LogP contribution < -0.4 is 0 Å². The SMILES string of the molecule is C1=CC2CC1CC2c1cc2cccnc2[nH]1. The van der Waals surface area contributed by atoms with Gasteiger partial charge in [-0.25, -0.2) is 4.98 Å². The Bertz CT molecular complexity index is 534. The van der Waals surface area contributed by atoms with Crippen molar-refractivity contribution in [2.75, 3.05) is 0 Å². The molecule has 0 saturated heterocycles. The van der Waals surface area contributed by atoms with E-state index in [4.69, 9.17) is 0 Å². The van der Waals surface area contributed by atoms with Crippen molar-refractivity contribution in [3.8, 4) is 0 Å². The smallest absolute Gasteiger partial charge is 0.137 e. The Balaban J connectivity index is 1.80. The van der Waals surface area contributed by atoms with Crippen LogP contribution in [0.2, 0.25) is 0 Å². The first-order valence-corrected chi connectivity index (χ1v) is 6.02. The van der Waals surface area contributed by atoms with Crippen LogP contribution in [0.15, 0.2) is 36.5 Å². The second-order valence-corrected chi connectivity index (χ2v) is 5.05. The Kier molecular flexibility index (Phi) is 1.59. The van der Waals surface area contributed by atoms with Crippen molar-refractivity contribution in [1.29, 1.82) is 0 Å². The fourth-order valence-electron chi connectivity index (χ4n) is 3.32. The van der Waals surface area contributed by atoms with Gasteiger partial charge in [-0.15, -0.1) is 0 Å². The second kappa shape index (κ2) is 2.97. The lowest BCUT2D eigenvalue weighted by Crippen LogP contribution is -2.04. The van der Waals surface area contributed by atoms with Crippen LogP contribution in [0, 0.1) is 11.8 Å². The van der Waals surface area contributed by atoms with Gasteiger partial charge in [-0.05, 0) is 42.9 Å². The first kappa shape index (κ1) is 8.57. The fraction of sp³-hybridized carbons (Fsp3) is 0.357. The summed E-state index contributed by atoms with van der Waals surface area (Å²) in [6, 6.07) is 6.41. The number of nitrogens with zero attached hydrogens (tertiary/aromatic N) is 1. The summed E-state index contributed by atoms with van der Waals surface area (Å²) in [5, 5.41) is 1.24. The number of rotatable bonds is 1. The first-order valence-electron chi connectivity index (χ1n) is 6.02. The average molecular weight is 210 g/mol. The molecule has 16 heavy (non-hydrogen) atoms. The molecule has 4 rings (SSSR count). The molecular weight excluding hydrogens is 196 g/mol. The normalized spacial score (nSPS) is 31.6. The summed E-state index contributed by atoms with van der Waals surface area (Å²) in [4.78, 5) is 7.84. The highest BCUT2D eigenvalue weighted by atomic mass is 14.9. The van der Waals surface area contributed by atoms with Crippen molar-refractivity contribution in [3.63, 3.8) is 0 Å². The summed E-state index contributed by atoms with van der Waals surface area (Å²) in [5.41, 5.74) is 2.41. The summed E-state index contributed by atoms with van der Waals surface area (Å²) >= 11 is 0. The lowest BCUT2D eigenvalue weighted by atomic mass is 9.91. The average Bonchev–Trinajstić information content (AvgIpc) is 3.02. The molecule has 3 atom stereocenters. The van der Waals surface area contributed by atoms with Crippen molar-refractivity contribution in [2.45, 2.75) is 18.8 Å². The van der Waals surface area contributed by atoms with Crippen molar-refractivity contribution in [3.05, 3.63) is 42.2 Å². The van der Waals surface area contributed by atoms with Crippen molar-refractivity contribution >= 4 is 11.0 Å². The maximum atomic E-state index is 4.36. The summed E-state index contributed by atoms with van der Waals surface area (Å²) in [5.74, 6) is 2.29. The third kappa shape index (κ3) is 1.10. The third-order valence-electron chi connectivity index (χ3n) is 4.09. The number of fused-ring (bicyclic) bond motifs is 3. The number of hydrogen-bond acceptors (Lipinski definition) is 1. The molecule has 3 unspecified atom stereocenters. The van der Waals surface area contributed by atoms with Gasteiger partial charge in [0.05, 0.1) is 0 Å². The van der Waals surface area contributed by atoms with Crippen LogP contribution in [0.3, 0.4) is 0 Å². The van der Waals surface area contributed by atoms with E-state index >= 15 is 0 Å². The Hall–Kier alpha value is -1.57. The van der Waals surface area contributed by atoms with Gasteiger partial charge in [-0.2, -0.15) is 0 Å². The molecule has 2 aliphatic carbocycles. The van der Waals surface area contributed by atoms with E-state index in [1.165, 1.54) is 23.9 Å². The van der Waals surface area contributed by atoms with E-state index in [2.05, 4.69) is 34.3 Å². The Morgan fingerprint density at radius 3 is 3.00 bits per heavy atom. The van der Waals surface area contributed by atoms with Gasteiger partial charge in [0.2, 0.25) is 0 Å². The zero-order valence-corrected chi connectivity index (χ0v) is 9.06. The third-order valence-corrected chi connectivity index (χ3v) is 4.09. The molecule has 0 aromatic carbocycles. The number of nitrogens with one attached hydrogen (secondary N) is 1. The van der Waals surface area contributed by atoms with E-state index in [0.29, 0.717) is 5.92 Å². The van der Waals surface area contributed by atoms with Crippen LogP contribution >= 0.6 is 0 Å². The Labute approximate surface area is 94.4 Å². The van der Waals surface area contributed by atoms with Crippen molar-refractivity contribution in [1.82, 2.24) is 9.97 Å². The highest BCUT2D eigenvalue weighted by Gasteiger charge is 2.37. The van der Waals surface area contributed by atoms with Crippen LogP contribution in [0.4, 0.5) is 0 Å². The molecule has 2 aromatic rings. The second-order valence-electron chi connectivity index (χ2n) is 5.05. The number of aromatic nitrogens is 2. The Morgan fingerprint density at radius 2 is 2.25 bits per heavy atom. The van der Waals surface area contributed by atoms with Crippen LogP contribution in [0.25, 0.3) is 11.0 Å². The molecule has 0 amide bonds. The van der Waals surface area contributed by atoms with Crippen LogP contribution in [0.5, 0.6) is 0 Å². The fourth-order valence-corrected chi connectivity index (χ4v) is 3.32. The van der Waals surface area contributed by atoms with E-state index < -0.39 is 0 Å². The number of allylic oxidation sites excluding steroid dienone is 2. The van der Waals surface area contributed by atoms with Crippen molar-refractivity contribution < 1.29 is 0 Å². The molecule has 2 aromatic heterocycles. The van der Waals surface area contributed by atoms with Crippen molar-refractivity contribution in [2.24, 2.45) is 11.8 Å². The monoisotopic (exact) mass is 210 g/mol. The molecule has 2 aliphatic rings. The summed E-state index contributed by atoms with van der Waals surface area (Å²) in [6.45, 7) is 0. The summed E-state index contributed by atoms with van der Waals surface area (Å²) in [7, 11) is 0. The topological polar surface area (TPSA) is 28.7 Å². The molecule has 1 fully saturated rings. The summed E-state index contributed by atoms with van der Waals surface area (Å²) < 4.78 is 0. The molecule has 1 N–H and O–H groups in total. The maximum Gasteiger partial charge on any atom is 0.137 e. The largest absolute Gasteiger partial charge is 0.343 e. The van der Waals surface area contributed by atoms with Crippen LogP contribution in [-0.4, -0.2) is 9.97 Å². The van der Waals surface area contributed by atoms with Gasteiger partial charge in [0.25, 0.3) is 0 Å². The van der Waals surface area contributed by atoms with Gasteiger partial charge in [-0.1, -0.05) is 12.2 Å². The van der Waals surface area contributed by atoms with Gasteiger partial charge in [0.1, 0.15) is 5.65 Å². The van der Waals surface area contributed by atoms with Gasteiger partial charge in [0.15, 0.2) is 0 Å². The number of aromatic amines is 1. The van der Waals surface area contributed by atoms with Gasteiger partial charge in [-0.3, -0.25) is 0 Å². The first-order chi connectivity index (χ1) is 7.90. The van der Waals surface area contributed by atoms with E-state index in [-0.39, 0.29) is 0 Å². The van der Waals surface area contributed by atoms with E-state index in [0.717, 1.165) is 17.5 Å². The van der Waals surface area contributed by atoms with E-state index in [1.54, 1.807) is 0 Å². The molecule has 1 saturated carbocycles. The molecule has 80 valence electrons. The van der Waals surface area contributed by atoms with Gasteiger partial charge < -0.3 is 4.98 Å². The van der Waals surface area contributed by atoms with Crippen LogP contribution in [0.1, 0.15) is 24.5 Å². The predicted molar refractivity (Wildman–Crippen MR) is 64.2 cm³/mol. The lowest BCUT2D eigenvalue weighted by Gasteiger charge is -2.16. The van der Waals surface area contributed by atoms with Gasteiger partial charge >= 0.3 is 0 Å². The number of hydrogen-bond donors (Lipinski definition) is 1. The minimum atomic E-state index is 0.698. The molecule has 0 spiro atoms. The minimum absolute atomic E-state index is 0.698. The molecule has 2 heteroatoms. The molecule has 0 aliphatic heterocycles. The quantitative estimate of drug-likeness (QED) is 0.719. The highest BCUT2D eigenvalue weighted by molar-refractivity contribution is 5.76. The number of H-pyrrole nitrogens is 1. The lowest BCUT2D eigenvalue weighted by molar-refractivity contribution is 0.574. The highest BCUT2D eigenvalue weighted by Crippen LogP contribution is 2.48. The predicted octanol–water partition coefficient (Wildman–Crippen LogP) is 3.24. The Morgan fingerprint density at radius 1 is 1.25 bits per heavy atom.